The number of halogens is 1. The molecule has 0 bridgehead atoms. The molecule has 28 heavy (non-hydrogen) atoms. The maximum atomic E-state index is 13.0. The van der Waals surface area contributed by atoms with E-state index in [1.807, 2.05) is 42.6 Å². The molecule has 1 atom stereocenters. The zero-order chi connectivity index (χ0) is 19.9. The van der Waals surface area contributed by atoms with Crippen LogP contribution in [0.15, 0.2) is 65.1 Å². The largest absolute Gasteiger partial charge is 0.385 e. The van der Waals surface area contributed by atoms with Crippen LogP contribution >= 0.6 is 11.3 Å². The molecule has 0 radical (unpaired) electrons. The second kappa shape index (κ2) is 9.23. The fourth-order valence-corrected chi connectivity index (χ4v) is 3.38. The Balaban J connectivity index is 1.52. The number of benzene rings is 2. The number of carbonyl (C=O) groups is 1. The Morgan fingerprint density at radius 2 is 1.93 bits per heavy atom. The first-order chi connectivity index (χ1) is 13.5. The molecule has 3 rings (SSSR count). The summed E-state index contributed by atoms with van der Waals surface area (Å²) in [7, 11) is 0. The highest BCUT2D eigenvalue weighted by molar-refractivity contribution is 7.13. The van der Waals surface area contributed by atoms with Crippen molar-refractivity contribution in [3.05, 3.63) is 77.1 Å². The van der Waals surface area contributed by atoms with E-state index in [1.54, 1.807) is 19.1 Å². The summed E-state index contributed by atoms with van der Waals surface area (Å²) in [6.45, 7) is 3.39. The minimum atomic E-state index is -0.312. The number of amides is 1. The summed E-state index contributed by atoms with van der Waals surface area (Å²) in [5.41, 5.74) is 3.16. The van der Waals surface area contributed by atoms with Crippen molar-refractivity contribution < 1.29 is 14.0 Å². The van der Waals surface area contributed by atoms with Gasteiger partial charge in [-0.2, -0.15) is 0 Å². The lowest BCUT2D eigenvalue weighted by molar-refractivity contribution is -0.126. The summed E-state index contributed by atoms with van der Waals surface area (Å²) in [6, 6.07) is 15.6. The first kappa shape index (κ1) is 19.7. The number of thiazole rings is 1. The van der Waals surface area contributed by atoms with Crippen LogP contribution in [0.25, 0.3) is 10.6 Å². The van der Waals surface area contributed by atoms with E-state index in [-0.39, 0.29) is 24.4 Å². The molecular formula is C21H20FN3O2S. The van der Waals surface area contributed by atoms with Crippen LogP contribution in [0.2, 0.25) is 0 Å². The fraction of sp³-hybridized carbons (Fsp3) is 0.190. The van der Waals surface area contributed by atoms with Crippen LogP contribution in [0.4, 0.5) is 4.39 Å². The van der Waals surface area contributed by atoms with Crippen molar-refractivity contribution in [2.24, 2.45) is 5.16 Å². The molecule has 144 valence electrons. The third-order valence-corrected chi connectivity index (χ3v) is 4.93. The van der Waals surface area contributed by atoms with Gasteiger partial charge in [-0.25, -0.2) is 9.37 Å². The van der Waals surface area contributed by atoms with Crippen LogP contribution in [0.3, 0.4) is 0 Å². The monoisotopic (exact) mass is 397 g/mol. The normalized spacial score (nSPS) is 12.5. The Labute approximate surface area is 166 Å². The minimum Gasteiger partial charge on any atom is -0.385 e. The number of nitrogens with one attached hydrogen (secondary N) is 1. The lowest BCUT2D eigenvalue weighted by atomic mass is 10.1. The highest BCUT2D eigenvalue weighted by atomic mass is 32.1. The van der Waals surface area contributed by atoms with E-state index in [9.17, 15) is 9.18 Å². The van der Waals surface area contributed by atoms with Gasteiger partial charge in [0.1, 0.15) is 16.5 Å². The zero-order valence-corrected chi connectivity index (χ0v) is 16.4. The Hall–Kier alpha value is -3.06. The number of aromatic nitrogens is 1. The smallest absolute Gasteiger partial charge is 0.261 e. The molecular weight excluding hydrogens is 377 g/mol. The first-order valence-electron chi connectivity index (χ1n) is 8.75. The van der Waals surface area contributed by atoms with Crippen LogP contribution < -0.4 is 5.32 Å². The summed E-state index contributed by atoms with van der Waals surface area (Å²) in [4.78, 5) is 21.7. The van der Waals surface area contributed by atoms with Gasteiger partial charge < -0.3 is 10.2 Å². The van der Waals surface area contributed by atoms with E-state index in [1.165, 1.54) is 23.5 Å². The van der Waals surface area contributed by atoms with Gasteiger partial charge in [0.25, 0.3) is 5.91 Å². The molecule has 0 fully saturated rings. The van der Waals surface area contributed by atoms with Crippen molar-refractivity contribution >= 4 is 23.0 Å². The van der Waals surface area contributed by atoms with E-state index < -0.39 is 0 Å². The third-order valence-electron chi connectivity index (χ3n) is 4.04. The van der Waals surface area contributed by atoms with Crippen molar-refractivity contribution in [3.8, 4) is 10.6 Å². The van der Waals surface area contributed by atoms with E-state index in [2.05, 4.69) is 15.5 Å². The SMILES string of the molecule is C/C(=N\OCC(=O)NC(C)c1ccc(F)cc1)c1csc(-c2ccccc2)n1. The quantitative estimate of drug-likeness (QED) is 0.469. The zero-order valence-electron chi connectivity index (χ0n) is 15.6. The summed E-state index contributed by atoms with van der Waals surface area (Å²) in [6.07, 6.45) is 0. The predicted molar refractivity (Wildman–Crippen MR) is 109 cm³/mol. The van der Waals surface area contributed by atoms with Gasteiger partial charge in [-0.1, -0.05) is 47.6 Å². The number of rotatable bonds is 7. The molecule has 1 unspecified atom stereocenters. The number of hydrogen-bond donors (Lipinski definition) is 1. The molecule has 5 nitrogen and oxygen atoms in total. The highest BCUT2D eigenvalue weighted by Crippen LogP contribution is 2.23. The fourth-order valence-electron chi connectivity index (χ4n) is 2.51. The molecule has 1 N–H and O–H groups in total. The number of hydrogen-bond acceptors (Lipinski definition) is 5. The van der Waals surface area contributed by atoms with Gasteiger partial charge in [-0.15, -0.1) is 11.3 Å². The molecule has 2 aromatic carbocycles. The molecule has 1 heterocycles. The number of nitrogens with zero attached hydrogens (tertiary/aromatic N) is 2. The Bertz CT molecular complexity index is 955. The molecule has 7 heteroatoms. The van der Waals surface area contributed by atoms with Crippen molar-refractivity contribution in [1.29, 1.82) is 0 Å². The Morgan fingerprint density at radius 1 is 1.21 bits per heavy atom. The first-order valence-corrected chi connectivity index (χ1v) is 9.63. The Kier molecular flexibility index (Phi) is 6.49. The van der Waals surface area contributed by atoms with Gasteiger partial charge in [-0.3, -0.25) is 4.79 Å². The van der Waals surface area contributed by atoms with E-state index >= 15 is 0 Å². The summed E-state index contributed by atoms with van der Waals surface area (Å²) < 4.78 is 13.0. The van der Waals surface area contributed by atoms with Gasteiger partial charge in [0, 0.05) is 10.9 Å². The van der Waals surface area contributed by atoms with E-state index in [0.717, 1.165) is 16.1 Å². The van der Waals surface area contributed by atoms with E-state index in [0.29, 0.717) is 11.4 Å². The van der Waals surface area contributed by atoms with Gasteiger partial charge in [0.2, 0.25) is 0 Å². The second-order valence-corrected chi connectivity index (χ2v) is 7.05. The maximum Gasteiger partial charge on any atom is 0.261 e. The molecule has 0 saturated carbocycles. The number of carbonyl (C=O) groups excluding carboxylic acids is 1. The average Bonchev–Trinajstić information content (AvgIpc) is 3.19. The van der Waals surface area contributed by atoms with Crippen molar-refractivity contribution in [2.45, 2.75) is 19.9 Å². The maximum absolute atomic E-state index is 13.0. The van der Waals surface area contributed by atoms with Crippen LogP contribution in [-0.4, -0.2) is 23.2 Å². The van der Waals surface area contributed by atoms with Crippen LogP contribution in [-0.2, 0) is 9.63 Å². The molecule has 0 aliphatic carbocycles. The summed E-state index contributed by atoms with van der Waals surface area (Å²) in [5.74, 6) is -0.621. The molecule has 0 spiro atoms. The van der Waals surface area contributed by atoms with Crippen molar-refractivity contribution in [2.75, 3.05) is 6.61 Å². The standard InChI is InChI=1S/C21H20FN3O2S/c1-14(16-8-10-18(22)11-9-16)23-20(26)12-27-25-15(2)19-13-28-21(24-19)17-6-4-3-5-7-17/h3-11,13-14H,12H2,1-2H3,(H,23,26)/b25-15+. The molecule has 0 aliphatic rings. The van der Waals surface area contributed by atoms with Crippen molar-refractivity contribution in [1.82, 2.24) is 10.3 Å². The van der Waals surface area contributed by atoms with Gasteiger partial charge in [0.15, 0.2) is 6.61 Å². The lowest BCUT2D eigenvalue weighted by Gasteiger charge is -2.13. The van der Waals surface area contributed by atoms with Gasteiger partial charge in [-0.05, 0) is 31.5 Å². The topological polar surface area (TPSA) is 63.6 Å². The molecule has 3 aromatic rings. The molecule has 0 aliphatic heterocycles. The van der Waals surface area contributed by atoms with Crippen LogP contribution in [0, 0.1) is 5.82 Å². The average molecular weight is 397 g/mol. The second-order valence-electron chi connectivity index (χ2n) is 6.19. The minimum absolute atomic E-state index is 0.210. The predicted octanol–water partition coefficient (Wildman–Crippen LogP) is 4.57. The molecule has 1 amide bonds. The molecule has 1 aromatic heterocycles. The lowest BCUT2D eigenvalue weighted by Crippen LogP contribution is -2.29. The van der Waals surface area contributed by atoms with Gasteiger partial charge >= 0.3 is 0 Å². The van der Waals surface area contributed by atoms with Crippen LogP contribution in [0.5, 0.6) is 0 Å². The van der Waals surface area contributed by atoms with Gasteiger partial charge in [0.05, 0.1) is 11.7 Å². The third kappa shape index (κ3) is 5.23. The summed E-state index contributed by atoms with van der Waals surface area (Å²) in [5, 5.41) is 9.57. The summed E-state index contributed by atoms with van der Waals surface area (Å²) >= 11 is 1.52. The molecule has 0 saturated heterocycles. The van der Waals surface area contributed by atoms with Crippen molar-refractivity contribution in [3.63, 3.8) is 0 Å². The Morgan fingerprint density at radius 3 is 2.64 bits per heavy atom. The van der Waals surface area contributed by atoms with E-state index in [4.69, 9.17) is 4.84 Å². The number of oxime groups is 1. The highest BCUT2D eigenvalue weighted by Gasteiger charge is 2.11. The van der Waals surface area contributed by atoms with Crippen LogP contribution in [0.1, 0.15) is 31.1 Å².